The summed E-state index contributed by atoms with van der Waals surface area (Å²) in [6.45, 7) is 9.42. The van der Waals surface area contributed by atoms with Gasteiger partial charge in [0.2, 0.25) is 0 Å². The van der Waals surface area contributed by atoms with Crippen molar-refractivity contribution in [1.82, 2.24) is 5.32 Å². The van der Waals surface area contributed by atoms with E-state index in [0.717, 1.165) is 18.5 Å². The molecule has 1 rings (SSSR count). The van der Waals surface area contributed by atoms with E-state index < -0.39 is 0 Å². The number of nitrogens with zero attached hydrogens (tertiary/aromatic N) is 1. The summed E-state index contributed by atoms with van der Waals surface area (Å²) in [6, 6.07) is 5.60. The number of rotatable bonds is 7. The van der Waals surface area contributed by atoms with Crippen molar-refractivity contribution in [3.63, 3.8) is 0 Å². The third-order valence-corrected chi connectivity index (χ3v) is 2.99. The molecule has 3 heteroatoms. The molecule has 1 aromatic rings. The first kappa shape index (κ1) is 14.7. The number of likely N-dealkylation sites (N-methyl/N-ethyl adjacent to an activating group) is 1. The molecule has 0 spiro atoms. The van der Waals surface area contributed by atoms with Crippen LogP contribution in [0, 0.1) is 5.82 Å². The molecule has 1 atom stereocenters. The van der Waals surface area contributed by atoms with E-state index in [0.29, 0.717) is 12.2 Å². The fourth-order valence-corrected chi connectivity index (χ4v) is 1.87. The minimum Gasteiger partial charge on any atom is -0.369 e. The van der Waals surface area contributed by atoms with Gasteiger partial charge < -0.3 is 10.2 Å². The number of anilines is 1. The maximum Gasteiger partial charge on any atom is 0.146 e. The highest BCUT2D eigenvalue weighted by Crippen LogP contribution is 2.22. The smallest absolute Gasteiger partial charge is 0.146 e. The van der Waals surface area contributed by atoms with Gasteiger partial charge in [0.15, 0.2) is 0 Å². The van der Waals surface area contributed by atoms with Crippen molar-refractivity contribution in [3.8, 4) is 0 Å². The Morgan fingerprint density at radius 3 is 2.78 bits per heavy atom. The molecule has 18 heavy (non-hydrogen) atoms. The van der Waals surface area contributed by atoms with Crippen LogP contribution in [0.5, 0.6) is 0 Å². The van der Waals surface area contributed by atoms with Crippen LogP contribution >= 0.6 is 0 Å². The average Bonchev–Trinajstić information content (AvgIpc) is 2.35. The van der Waals surface area contributed by atoms with Gasteiger partial charge >= 0.3 is 0 Å². The zero-order valence-electron chi connectivity index (χ0n) is 11.5. The normalized spacial score (nSPS) is 12.2. The van der Waals surface area contributed by atoms with Crippen LogP contribution in [0.1, 0.15) is 31.9 Å². The number of nitrogens with one attached hydrogen (secondary N) is 1. The van der Waals surface area contributed by atoms with Crippen molar-refractivity contribution >= 4 is 5.69 Å². The molecule has 0 saturated heterocycles. The first-order valence-corrected chi connectivity index (χ1v) is 6.45. The van der Waals surface area contributed by atoms with E-state index in [9.17, 15) is 4.39 Å². The lowest BCUT2D eigenvalue weighted by atomic mass is 10.1. The minimum atomic E-state index is -0.179. The predicted molar refractivity (Wildman–Crippen MR) is 76.6 cm³/mol. The minimum absolute atomic E-state index is 0.179. The first-order valence-electron chi connectivity index (χ1n) is 6.45. The van der Waals surface area contributed by atoms with E-state index >= 15 is 0 Å². The molecule has 0 aliphatic carbocycles. The van der Waals surface area contributed by atoms with Crippen molar-refractivity contribution < 1.29 is 4.39 Å². The van der Waals surface area contributed by atoms with Gasteiger partial charge in [0.05, 0.1) is 5.69 Å². The standard InChI is InChI=1S/C15H23FN2/c1-5-9-17-12(3)13-7-8-15(14(16)11-13)18(4)10-6-2/h6-8,11-12,17H,2,5,9-10H2,1,3-4H3. The summed E-state index contributed by atoms with van der Waals surface area (Å²) in [5.74, 6) is -0.179. The molecule has 0 amide bonds. The summed E-state index contributed by atoms with van der Waals surface area (Å²) in [6.07, 6.45) is 2.84. The van der Waals surface area contributed by atoms with Crippen molar-refractivity contribution in [2.45, 2.75) is 26.3 Å². The van der Waals surface area contributed by atoms with Crippen molar-refractivity contribution in [1.29, 1.82) is 0 Å². The van der Waals surface area contributed by atoms with E-state index in [1.54, 1.807) is 12.1 Å². The summed E-state index contributed by atoms with van der Waals surface area (Å²) >= 11 is 0. The number of halogens is 1. The van der Waals surface area contributed by atoms with Crippen molar-refractivity contribution in [2.24, 2.45) is 0 Å². The lowest BCUT2D eigenvalue weighted by Gasteiger charge is -2.20. The second-order valence-electron chi connectivity index (χ2n) is 4.56. The molecular formula is C15H23FN2. The third kappa shape index (κ3) is 3.84. The van der Waals surface area contributed by atoms with Gasteiger partial charge in [-0.3, -0.25) is 0 Å². The molecule has 1 N–H and O–H groups in total. The van der Waals surface area contributed by atoms with Gasteiger partial charge in [-0.25, -0.2) is 4.39 Å². The fourth-order valence-electron chi connectivity index (χ4n) is 1.87. The van der Waals surface area contributed by atoms with Crippen LogP contribution in [0.2, 0.25) is 0 Å². The maximum absolute atomic E-state index is 14.0. The average molecular weight is 250 g/mol. The Bertz CT molecular complexity index is 390. The van der Waals surface area contributed by atoms with E-state index in [4.69, 9.17) is 0 Å². The molecule has 1 unspecified atom stereocenters. The molecule has 0 heterocycles. The molecule has 0 radical (unpaired) electrons. The van der Waals surface area contributed by atoms with Crippen LogP contribution < -0.4 is 10.2 Å². The van der Waals surface area contributed by atoms with Crippen LogP contribution in [0.4, 0.5) is 10.1 Å². The second kappa shape index (κ2) is 7.17. The summed E-state index contributed by atoms with van der Waals surface area (Å²) in [7, 11) is 1.86. The zero-order chi connectivity index (χ0) is 13.5. The Hall–Kier alpha value is -1.35. The van der Waals surface area contributed by atoms with Gasteiger partial charge in [-0.05, 0) is 37.6 Å². The molecule has 0 aliphatic rings. The van der Waals surface area contributed by atoms with E-state index in [2.05, 4.69) is 25.7 Å². The number of hydrogen-bond acceptors (Lipinski definition) is 2. The summed E-state index contributed by atoms with van der Waals surface area (Å²) in [4.78, 5) is 1.84. The van der Waals surface area contributed by atoms with E-state index in [1.807, 2.05) is 24.1 Å². The molecular weight excluding hydrogens is 227 g/mol. The van der Waals surface area contributed by atoms with Gasteiger partial charge in [-0.2, -0.15) is 0 Å². The fraction of sp³-hybridized carbons (Fsp3) is 0.467. The van der Waals surface area contributed by atoms with Crippen LogP contribution in [-0.4, -0.2) is 20.1 Å². The number of benzene rings is 1. The molecule has 1 aromatic carbocycles. The topological polar surface area (TPSA) is 15.3 Å². The Balaban J connectivity index is 2.81. The Morgan fingerprint density at radius 2 is 2.22 bits per heavy atom. The van der Waals surface area contributed by atoms with Gasteiger partial charge in [-0.15, -0.1) is 6.58 Å². The first-order chi connectivity index (χ1) is 8.60. The van der Waals surface area contributed by atoms with Gasteiger partial charge in [0.1, 0.15) is 5.82 Å². The second-order valence-corrected chi connectivity index (χ2v) is 4.56. The largest absolute Gasteiger partial charge is 0.369 e. The summed E-state index contributed by atoms with van der Waals surface area (Å²) in [5.41, 5.74) is 1.60. The van der Waals surface area contributed by atoms with Crippen LogP contribution in [0.15, 0.2) is 30.9 Å². The molecule has 100 valence electrons. The van der Waals surface area contributed by atoms with E-state index in [1.165, 1.54) is 0 Å². The monoisotopic (exact) mass is 250 g/mol. The zero-order valence-corrected chi connectivity index (χ0v) is 11.5. The Kier molecular flexibility index (Phi) is 5.86. The predicted octanol–water partition coefficient (Wildman–Crippen LogP) is 3.51. The molecule has 0 aromatic heterocycles. The lowest BCUT2D eigenvalue weighted by molar-refractivity contribution is 0.562. The van der Waals surface area contributed by atoms with Gasteiger partial charge in [-0.1, -0.05) is 19.1 Å². The number of hydrogen-bond donors (Lipinski definition) is 1. The SMILES string of the molecule is C=CCN(C)c1ccc(C(C)NCCC)cc1F. The molecule has 0 saturated carbocycles. The van der Waals surface area contributed by atoms with Crippen molar-refractivity contribution in [3.05, 3.63) is 42.2 Å². The van der Waals surface area contributed by atoms with Crippen LogP contribution in [0.25, 0.3) is 0 Å². The molecule has 0 bridgehead atoms. The Morgan fingerprint density at radius 1 is 1.50 bits per heavy atom. The summed E-state index contributed by atoms with van der Waals surface area (Å²) < 4.78 is 14.0. The summed E-state index contributed by atoms with van der Waals surface area (Å²) in [5, 5.41) is 3.35. The van der Waals surface area contributed by atoms with Crippen LogP contribution in [0.3, 0.4) is 0 Å². The van der Waals surface area contributed by atoms with E-state index in [-0.39, 0.29) is 11.9 Å². The molecule has 0 aliphatic heterocycles. The maximum atomic E-state index is 14.0. The lowest BCUT2D eigenvalue weighted by Crippen LogP contribution is -2.21. The van der Waals surface area contributed by atoms with Crippen LogP contribution in [-0.2, 0) is 0 Å². The molecule has 0 fully saturated rings. The Labute approximate surface area is 110 Å². The van der Waals surface area contributed by atoms with Crippen molar-refractivity contribution in [2.75, 3.05) is 25.0 Å². The van der Waals surface area contributed by atoms with Gasteiger partial charge in [0, 0.05) is 19.6 Å². The van der Waals surface area contributed by atoms with Gasteiger partial charge in [0.25, 0.3) is 0 Å². The quantitative estimate of drug-likeness (QED) is 0.745. The highest BCUT2D eigenvalue weighted by molar-refractivity contribution is 5.49. The molecule has 2 nitrogen and oxygen atoms in total. The highest BCUT2D eigenvalue weighted by atomic mass is 19.1. The third-order valence-electron chi connectivity index (χ3n) is 2.99. The highest BCUT2D eigenvalue weighted by Gasteiger charge is 2.10.